The molecule has 104 valence electrons. The maximum Gasteiger partial charge on any atom is 0.307 e. The molecule has 0 heterocycles. The number of carboxylic acid groups (broad SMARTS) is 1. The maximum atomic E-state index is 12.4. The lowest BCUT2D eigenvalue weighted by Gasteiger charge is -2.41. The van der Waals surface area contributed by atoms with Crippen LogP contribution in [0.25, 0.3) is 0 Å². The highest BCUT2D eigenvalue weighted by atomic mass is 16.4. The summed E-state index contributed by atoms with van der Waals surface area (Å²) in [7, 11) is 0. The number of Topliss-reactive ketones (excluding diaryl/α,β-unsaturated/α-hetero) is 2. The van der Waals surface area contributed by atoms with Gasteiger partial charge in [-0.15, -0.1) is 0 Å². The van der Waals surface area contributed by atoms with E-state index in [1.54, 1.807) is 13.8 Å². The molecule has 2 aliphatic carbocycles. The second-order valence-corrected chi connectivity index (χ2v) is 5.75. The number of rotatable bonds is 2. The Morgan fingerprint density at radius 3 is 2.58 bits per heavy atom. The Morgan fingerprint density at radius 2 is 2.05 bits per heavy atom. The number of hydrogen-bond acceptors (Lipinski definition) is 3. The van der Waals surface area contributed by atoms with Crippen LogP contribution in [0.15, 0.2) is 11.1 Å². The van der Waals surface area contributed by atoms with Crippen molar-refractivity contribution in [1.29, 1.82) is 0 Å². The van der Waals surface area contributed by atoms with Crippen molar-refractivity contribution in [2.24, 2.45) is 17.3 Å². The molecule has 0 unspecified atom stereocenters. The van der Waals surface area contributed by atoms with Gasteiger partial charge < -0.3 is 5.11 Å². The minimum Gasteiger partial charge on any atom is -0.481 e. The molecule has 3 atom stereocenters. The Balaban J connectivity index is 2.65. The smallest absolute Gasteiger partial charge is 0.307 e. The van der Waals surface area contributed by atoms with Crippen molar-refractivity contribution in [3.8, 4) is 0 Å². The van der Waals surface area contributed by atoms with E-state index in [-0.39, 0.29) is 17.5 Å². The lowest BCUT2D eigenvalue weighted by molar-refractivity contribution is -0.148. The molecule has 0 saturated heterocycles. The molecule has 0 aliphatic heterocycles. The number of ketones is 2. The van der Waals surface area contributed by atoms with Crippen LogP contribution < -0.4 is 0 Å². The monoisotopic (exact) mass is 264 g/mol. The van der Waals surface area contributed by atoms with Gasteiger partial charge in [0, 0.05) is 12.3 Å². The Hall–Kier alpha value is -1.45. The van der Waals surface area contributed by atoms with Crippen LogP contribution in [0.4, 0.5) is 0 Å². The molecule has 0 radical (unpaired) electrons. The molecule has 2 rings (SSSR count). The molecule has 1 saturated carbocycles. The molecule has 19 heavy (non-hydrogen) atoms. The first-order chi connectivity index (χ1) is 8.86. The van der Waals surface area contributed by atoms with E-state index in [0.29, 0.717) is 31.3 Å². The number of carbonyl (C=O) groups excluding carboxylic acids is 2. The van der Waals surface area contributed by atoms with Gasteiger partial charge in [0.15, 0.2) is 5.78 Å². The zero-order valence-corrected chi connectivity index (χ0v) is 11.7. The van der Waals surface area contributed by atoms with E-state index >= 15 is 0 Å². The summed E-state index contributed by atoms with van der Waals surface area (Å²) in [6.45, 7) is 5.43. The molecule has 4 nitrogen and oxygen atoms in total. The molecule has 4 heteroatoms. The number of hydrogen-bond donors (Lipinski definition) is 1. The third-order valence-electron chi connectivity index (χ3n) is 4.84. The molecule has 0 amide bonds. The Kier molecular flexibility index (Phi) is 3.37. The van der Waals surface area contributed by atoms with E-state index in [9.17, 15) is 19.5 Å². The van der Waals surface area contributed by atoms with Gasteiger partial charge in [0.2, 0.25) is 0 Å². The predicted molar refractivity (Wildman–Crippen MR) is 69.6 cm³/mol. The van der Waals surface area contributed by atoms with Gasteiger partial charge in [0.1, 0.15) is 5.78 Å². The molecular weight excluding hydrogens is 244 g/mol. The van der Waals surface area contributed by atoms with E-state index in [4.69, 9.17) is 0 Å². The quantitative estimate of drug-likeness (QED) is 0.831. The summed E-state index contributed by atoms with van der Waals surface area (Å²) in [6.07, 6.45) is 1.64. The minimum atomic E-state index is -0.919. The first kappa shape index (κ1) is 14.0. The normalized spacial score (nSPS) is 35.3. The van der Waals surface area contributed by atoms with Gasteiger partial charge in [-0.3, -0.25) is 14.4 Å². The third kappa shape index (κ3) is 1.77. The average Bonchev–Trinajstić information content (AvgIpc) is 2.66. The van der Waals surface area contributed by atoms with Gasteiger partial charge in [-0.05, 0) is 37.3 Å². The van der Waals surface area contributed by atoms with Crippen molar-refractivity contribution in [2.45, 2.75) is 46.5 Å². The molecular formula is C15H20O4. The molecule has 1 spiro atoms. The minimum absolute atomic E-state index is 0.00968. The van der Waals surface area contributed by atoms with Gasteiger partial charge in [-0.25, -0.2) is 0 Å². The van der Waals surface area contributed by atoms with Crippen LogP contribution in [-0.2, 0) is 14.4 Å². The molecule has 1 N–H and O–H groups in total. The Bertz CT molecular complexity index is 488. The van der Waals surface area contributed by atoms with E-state index in [2.05, 4.69) is 0 Å². The molecule has 1 fully saturated rings. The highest BCUT2D eigenvalue weighted by Gasteiger charge is 2.58. The summed E-state index contributed by atoms with van der Waals surface area (Å²) in [5.41, 5.74) is 0.464. The highest BCUT2D eigenvalue weighted by molar-refractivity contribution is 6.04. The van der Waals surface area contributed by atoms with Gasteiger partial charge in [-0.1, -0.05) is 13.8 Å². The fourth-order valence-electron chi connectivity index (χ4n) is 4.04. The standard InChI is InChI=1S/C15H20O4/c1-4-10-9(3)13(17)8(2)7-15(10)11(14(18)19)5-6-12(15)16/h8,11H,4-7H2,1-3H3,(H,18,19)/t8-,11-,15+/m0/s1. The molecule has 0 aromatic rings. The van der Waals surface area contributed by atoms with Crippen molar-refractivity contribution < 1.29 is 19.5 Å². The van der Waals surface area contributed by atoms with Gasteiger partial charge >= 0.3 is 5.97 Å². The van der Waals surface area contributed by atoms with Crippen LogP contribution >= 0.6 is 0 Å². The fraction of sp³-hybridized carbons (Fsp3) is 0.667. The first-order valence-corrected chi connectivity index (χ1v) is 6.86. The average molecular weight is 264 g/mol. The predicted octanol–water partition coefficient (Wildman–Crippen LogP) is 2.37. The van der Waals surface area contributed by atoms with Crippen molar-refractivity contribution in [2.75, 3.05) is 0 Å². The van der Waals surface area contributed by atoms with E-state index in [1.807, 2.05) is 6.92 Å². The molecule has 0 bridgehead atoms. The lowest BCUT2D eigenvalue weighted by Crippen LogP contribution is -2.45. The lowest BCUT2D eigenvalue weighted by atomic mass is 9.60. The van der Waals surface area contributed by atoms with Gasteiger partial charge in [0.25, 0.3) is 0 Å². The van der Waals surface area contributed by atoms with Crippen LogP contribution in [0.2, 0.25) is 0 Å². The summed E-state index contributed by atoms with van der Waals surface area (Å²) in [6, 6.07) is 0. The Labute approximate surface area is 112 Å². The first-order valence-electron chi connectivity index (χ1n) is 6.86. The van der Waals surface area contributed by atoms with Crippen LogP contribution in [0.3, 0.4) is 0 Å². The summed E-state index contributed by atoms with van der Waals surface area (Å²) < 4.78 is 0. The Morgan fingerprint density at radius 1 is 1.42 bits per heavy atom. The number of carbonyl (C=O) groups is 3. The summed E-state index contributed by atoms with van der Waals surface area (Å²) in [5, 5.41) is 9.44. The number of aliphatic carboxylic acids is 1. The van der Waals surface area contributed by atoms with Crippen molar-refractivity contribution >= 4 is 17.5 Å². The van der Waals surface area contributed by atoms with Crippen LogP contribution in [-0.4, -0.2) is 22.6 Å². The highest BCUT2D eigenvalue weighted by Crippen LogP contribution is 2.54. The number of carboxylic acids is 1. The summed E-state index contributed by atoms with van der Waals surface area (Å²) in [4.78, 5) is 36.0. The van der Waals surface area contributed by atoms with Crippen LogP contribution in [0.1, 0.15) is 46.5 Å². The van der Waals surface area contributed by atoms with Gasteiger partial charge in [0.05, 0.1) is 11.3 Å². The van der Waals surface area contributed by atoms with Crippen LogP contribution in [0, 0.1) is 17.3 Å². The largest absolute Gasteiger partial charge is 0.481 e. The zero-order chi connectivity index (χ0) is 14.4. The number of allylic oxidation sites excluding steroid dienone is 2. The van der Waals surface area contributed by atoms with Crippen LogP contribution in [0.5, 0.6) is 0 Å². The van der Waals surface area contributed by atoms with E-state index in [0.717, 1.165) is 5.57 Å². The molecule has 2 aliphatic rings. The third-order valence-corrected chi connectivity index (χ3v) is 4.84. The second kappa shape index (κ2) is 4.58. The SMILES string of the molecule is CCC1=C(C)C(=O)[C@@H](C)C[C@@]12C(=O)CC[C@H]2C(=O)O. The second-order valence-electron chi connectivity index (χ2n) is 5.75. The van der Waals surface area contributed by atoms with E-state index < -0.39 is 17.3 Å². The summed E-state index contributed by atoms with van der Waals surface area (Å²) >= 11 is 0. The van der Waals surface area contributed by atoms with E-state index in [1.165, 1.54) is 0 Å². The maximum absolute atomic E-state index is 12.4. The molecule has 0 aromatic carbocycles. The van der Waals surface area contributed by atoms with Gasteiger partial charge in [-0.2, -0.15) is 0 Å². The fourth-order valence-corrected chi connectivity index (χ4v) is 4.04. The molecule has 0 aromatic heterocycles. The van der Waals surface area contributed by atoms with Crippen molar-refractivity contribution in [3.63, 3.8) is 0 Å². The zero-order valence-electron chi connectivity index (χ0n) is 11.7. The topological polar surface area (TPSA) is 71.4 Å². The summed E-state index contributed by atoms with van der Waals surface area (Å²) in [5.74, 6) is -1.77. The van der Waals surface area contributed by atoms with Crippen molar-refractivity contribution in [1.82, 2.24) is 0 Å². The van der Waals surface area contributed by atoms with Crippen molar-refractivity contribution in [3.05, 3.63) is 11.1 Å².